The maximum Gasteiger partial charge on any atom is 0.143 e. The quantitative estimate of drug-likeness (QED) is 0.173. The summed E-state index contributed by atoms with van der Waals surface area (Å²) in [4.78, 5) is 2.35. The van der Waals surface area contributed by atoms with Gasteiger partial charge in [0.2, 0.25) is 0 Å². The van der Waals surface area contributed by atoms with E-state index in [1.807, 2.05) is 12.1 Å². The Labute approximate surface area is 317 Å². The first-order chi connectivity index (χ1) is 27.3. The van der Waals surface area contributed by atoms with Crippen LogP contribution in [0.3, 0.4) is 0 Å². The molecule has 0 saturated heterocycles. The minimum Gasteiger partial charge on any atom is -0.455 e. The zero-order valence-corrected chi connectivity index (χ0v) is 29.8. The molecule has 0 saturated carbocycles. The third-order valence-corrected chi connectivity index (χ3v) is 10.9. The Morgan fingerprint density at radius 2 is 0.800 bits per heavy atom. The number of hydrogen-bond acceptors (Lipinski definition) is 3. The van der Waals surface area contributed by atoms with Crippen LogP contribution >= 0.6 is 0 Å². The van der Waals surface area contributed by atoms with Crippen molar-refractivity contribution in [2.45, 2.75) is 0 Å². The molecule has 11 rings (SSSR count). The van der Waals surface area contributed by atoms with Gasteiger partial charge < -0.3 is 13.7 Å². The molecule has 0 aliphatic heterocycles. The van der Waals surface area contributed by atoms with Gasteiger partial charge in [-0.3, -0.25) is 0 Å². The second kappa shape index (κ2) is 12.6. The molecule has 0 aliphatic carbocycles. The van der Waals surface area contributed by atoms with Gasteiger partial charge in [-0.25, -0.2) is 0 Å². The number of anilines is 3. The van der Waals surface area contributed by atoms with E-state index in [1.165, 1.54) is 5.39 Å². The van der Waals surface area contributed by atoms with Gasteiger partial charge in [0.15, 0.2) is 0 Å². The molecule has 0 spiro atoms. The van der Waals surface area contributed by atoms with Gasteiger partial charge in [-0.1, -0.05) is 158 Å². The predicted octanol–water partition coefficient (Wildman–Crippen LogP) is 15.1. The Morgan fingerprint density at radius 1 is 0.291 bits per heavy atom. The Morgan fingerprint density at radius 3 is 1.53 bits per heavy atom. The van der Waals surface area contributed by atoms with Gasteiger partial charge >= 0.3 is 0 Å². The topological polar surface area (TPSA) is 29.5 Å². The van der Waals surface area contributed by atoms with Crippen molar-refractivity contribution < 1.29 is 8.83 Å². The molecule has 55 heavy (non-hydrogen) atoms. The highest BCUT2D eigenvalue weighted by atomic mass is 16.3. The number of nitrogens with zero attached hydrogens (tertiary/aromatic N) is 1. The summed E-state index contributed by atoms with van der Waals surface area (Å²) in [6.07, 6.45) is 0. The van der Waals surface area contributed by atoms with Crippen LogP contribution in [0.2, 0.25) is 0 Å². The molecule has 11 aromatic rings. The summed E-state index contributed by atoms with van der Waals surface area (Å²) in [6, 6.07) is 70.8. The molecule has 0 unspecified atom stereocenters. The molecule has 0 fully saturated rings. The van der Waals surface area contributed by atoms with E-state index in [-0.39, 0.29) is 0 Å². The van der Waals surface area contributed by atoms with Gasteiger partial charge in [0, 0.05) is 55.0 Å². The molecular weight excluding hydrogens is 671 g/mol. The van der Waals surface area contributed by atoms with E-state index in [2.05, 4.69) is 193 Å². The van der Waals surface area contributed by atoms with Gasteiger partial charge in [-0.15, -0.1) is 0 Å². The van der Waals surface area contributed by atoms with E-state index in [9.17, 15) is 0 Å². The number of fused-ring (bicyclic) bond motifs is 8. The van der Waals surface area contributed by atoms with Crippen LogP contribution < -0.4 is 4.90 Å². The van der Waals surface area contributed by atoms with Gasteiger partial charge in [-0.2, -0.15) is 0 Å². The fraction of sp³-hybridized carbons (Fsp3) is 0. The highest BCUT2D eigenvalue weighted by Crippen LogP contribution is 2.44. The summed E-state index contributed by atoms with van der Waals surface area (Å²) < 4.78 is 13.1. The van der Waals surface area contributed by atoms with E-state index in [0.29, 0.717) is 0 Å². The van der Waals surface area contributed by atoms with Crippen LogP contribution in [0.4, 0.5) is 17.1 Å². The average molecular weight is 704 g/mol. The van der Waals surface area contributed by atoms with Crippen LogP contribution in [0, 0.1) is 0 Å². The zero-order chi connectivity index (χ0) is 36.3. The molecule has 0 amide bonds. The minimum absolute atomic E-state index is 0.902. The van der Waals surface area contributed by atoms with Crippen molar-refractivity contribution in [3.05, 3.63) is 200 Å². The van der Waals surface area contributed by atoms with Gasteiger partial charge in [0.25, 0.3) is 0 Å². The lowest BCUT2D eigenvalue weighted by Gasteiger charge is -2.28. The van der Waals surface area contributed by atoms with Crippen LogP contribution in [0.15, 0.2) is 209 Å². The molecule has 3 heteroatoms. The van der Waals surface area contributed by atoms with Crippen LogP contribution in [0.25, 0.3) is 88.0 Å². The first-order valence-corrected chi connectivity index (χ1v) is 18.7. The normalized spacial score (nSPS) is 11.6. The smallest absolute Gasteiger partial charge is 0.143 e. The fourth-order valence-electron chi connectivity index (χ4n) is 8.27. The summed E-state index contributed by atoms with van der Waals surface area (Å²) in [5.74, 6) is 0. The third kappa shape index (κ3) is 5.13. The maximum absolute atomic E-state index is 6.71. The molecular formula is C52H33NO2. The second-order valence-electron chi connectivity index (χ2n) is 14.0. The lowest BCUT2D eigenvalue weighted by Crippen LogP contribution is -2.11. The van der Waals surface area contributed by atoms with E-state index >= 15 is 0 Å². The van der Waals surface area contributed by atoms with Crippen molar-refractivity contribution in [3.8, 4) is 33.4 Å². The summed E-state index contributed by atoms with van der Waals surface area (Å²) in [5.41, 5.74) is 13.5. The molecule has 0 atom stereocenters. The van der Waals surface area contributed by atoms with Crippen LogP contribution in [0.5, 0.6) is 0 Å². The predicted molar refractivity (Wildman–Crippen MR) is 229 cm³/mol. The van der Waals surface area contributed by atoms with E-state index in [4.69, 9.17) is 8.83 Å². The Hall–Kier alpha value is -7.36. The highest BCUT2D eigenvalue weighted by molar-refractivity contribution is 6.17. The second-order valence-corrected chi connectivity index (χ2v) is 14.0. The van der Waals surface area contributed by atoms with Crippen molar-refractivity contribution in [1.29, 1.82) is 0 Å². The third-order valence-electron chi connectivity index (χ3n) is 10.9. The fourth-order valence-corrected chi connectivity index (χ4v) is 8.27. The first-order valence-electron chi connectivity index (χ1n) is 18.7. The van der Waals surface area contributed by atoms with Crippen LogP contribution in [0.1, 0.15) is 0 Å². The number of furan rings is 2. The van der Waals surface area contributed by atoms with E-state index in [1.54, 1.807) is 0 Å². The summed E-state index contributed by atoms with van der Waals surface area (Å²) >= 11 is 0. The zero-order valence-electron chi connectivity index (χ0n) is 29.8. The number of hydrogen-bond donors (Lipinski definition) is 0. The summed E-state index contributed by atoms with van der Waals surface area (Å²) in [6.45, 7) is 0. The van der Waals surface area contributed by atoms with E-state index in [0.717, 1.165) is 99.7 Å². The average Bonchev–Trinajstić information content (AvgIpc) is 3.84. The first kappa shape index (κ1) is 31.2. The molecule has 9 aromatic carbocycles. The maximum atomic E-state index is 6.71. The minimum atomic E-state index is 0.902. The van der Waals surface area contributed by atoms with E-state index < -0.39 is 0 Å². The Balaban J connectivity index is 1.03. The van der Waals surface area contributed by atoms with Gasteiger partial charge in [0.05, 0.1) is 5.69 Å². The summed E-state index contributed by atoms with van der Waals surface area (Å²) in [5, 5.41) is 6.83. The molecule has 0 N–H and O–H groups in total. The molecule has 2 heterocycles. The van der Waals surface area contributed by atoms with Crippen molar-refractivity contribution in [1.82, 2.24) is 0 Å². The molecule has 0 aliphatic rings. The molecule has 258 valence electrons. The summed E-state index contributed by atoms with van der Waals surface area (Å²) in [7, 11) is 0. The largest absolute Gasteiger partial charge is 0.455 e. The number of benzene rings is 9. The van der Waals surface area contributed by atoms with Crippen molar-refractivity contribution >= 4 is 71.7 Å². The number of para-hydroxylation sites is 4. The monoisotopic (exact) mass is 703 g/mol. The van der Waals surface area contributed by atoms with Gasteiger partial charge in [-0.05, 0) is 64.5 Å². The Kier molecular flexibility index (Phi) is 7.17. The van der Waals surface area contributed by atoms with Gasteiger partial charge in [0.1, 0.15) is 22.3 Å². The van der Waals surface area contributed by atoms with Crippen LogP contribution in [-0.4, -0.2) is 0 Å². The van der Waals surface area contributed by atoms with Crippen molar-refractivity contribution in [3.63, 3.8) is 0 Å². The highest BCUT2D eigenvalue weighted by Gasteiger charge is 2.20. The lowest BCUT2D eigenvalue weighted by atomic mass is 9.99. The Bertz CT molecular complexity index is 3190. The molecule has 0 bridgehead atoms. The molecule has 3 nitrogen and oxygen atoms in total. The molecule has 0 radical (unpaired) electrons. The SMILES string of the molecule is c1ccc(-c2ccccc2N(c2ccc(-c3cccc4c3oc3ccccc34)cc2)c2ccc(-c3cccc4c3oc3c5ccccc5ccc43)cc2)cc1. The lowest BCUT2D eigenvalue weighted by molar-refractivity contribution is 0.670. The number of rotatable bonds is 6. The van der Waals surface area contributed by atoms with Crippen LogP contribution in [-0.2, 0) is 0 Å². The molecule has 2 aromatic heterocycles. The standard InChI is InChI=1S/C52H33NO2/c1-2-12-34(13-3-1)40-15-6-8-22-48(40)53(38-29-24-36(25-30-38)42-18-10-20-45-44-17-7-9-23-49(44)54-50(42)45)39-31-26-37(27-32-39)43-19-11-21-46-47-33-28-35-14-4-5-16-41(35)52(47)55-51(43)46/h1-33H. The van der Waals surface area contributed by atoms with Crippen molar-refractivity contribution in [2.24, 2.45) is 0 Å². The van der Waals surface area contributed by atoms with Crippen molar-refractivity contribution in [2.75, 3.05) is 4.90 Å².